The molecule has 0 heterocycles. The first kappa shape index (κ1) is 10.2. The van der Waals surface area contributed by atoms with Crippen molar-refractivity contribution in [3.8, 4) is 0 Å². The summed E-state index contributed by atoms with van der Waals surface area (Å²) in [7, 11) is 0. The number of rotatable bonds is 1. The molecule has 76 valence electrons. The average molecular weight is 254 g/mol. The molecule has 0 radical (unpaired) electrons. The minimum Gasteiger partial charge on any atom is -0.327 e. The Morgan fingerprint density at radius 3 is 2.43 bits per heavy atom. The van der Waals surface area contributed by atoms with Crippen LogP contribution in [0.4, 0.5) is 0 Å². The summed E-state index contributed by atoms with van der Waals surface area (Å²) in [5, 5.41) is 0. The van der Waals surface area contributed by atoms with Crippen LogP contribution in [0.3, 0.4) is 0 Å². The van der Waals surface area contributed by atoms with Crippen LogP contribution in [0.15, 0.2) is 22.7 Å². The maximum absolute atomic E-state index is 6.07. The highest BCUT2D eigenvalue weighted by Gasteiger charge is 2.56. The van der Waals surface area contributed by atoms with Gasteiger partial charge in [0.1, 0.15) is 0 Å². The predicted octanol–water partition coefficient (Wildman–Crippen LogP) is 3.21. The van der Waals surface area contributed by atoms with Crippen molar-refractivity contribution in [2.75, 3.05) is 0 Å². The molecule has 0 bridgehead atoms. The Bertz CT molecular complexity index is 371. The third kappa shape index (κ3) is 1.41. The summed E-state index contributed by atoms with van der Waals surface area (Å²) in [4.78, 5) is 0. The van der Waals surface area contributed by atoms with E-state index in [1.54, 1.807) is 0 Å². The zero-order valence-electron chi connectivity index (χ0n) is 8.84. The first-order valence-electron chi connectivity index (χ1n) is 4.96. The molecule has 2 rings (SSSR count). The number of hydrogen-bond donors (Lipinski definition) is 1. The summed E-state index contributed by atoms with van der Waals surface area (Å²) < 4.78 is 1.19. The first-order chi connectivity index (χ1) is 6.44. The van der Waals surface area contributed by atoms with E-state index in [2.05, 4.69) is 54.9 Å². The Labute approximate surface area is 93.8 Å². The molecule has 0 spiro atoms. The third-order valence-electron chi connectivity index (χ3n) is 3.40. The van der Waals surface area contributed by atoms with Crippen molar-refractivity contribution in [1.29, 1.82) is 0 Å². The van der Waals surface area contributed by atoms with Crippen LogP contribution >= 0.6 is 15.9 Å². The predicted molar refractivity (Wildman–Crippen MR) is 63.4 cm³/mol. The fourth-order valence-corrected chi connectivity index (χ4v) is 2.67. The second kappa shape index (κ2) is 3.07. The fraction of sp³-hybridized carbons (Fsp3) is 0.500. The number of halogens is 1. The lowest BCUT2D eigenvalue weighted by Gasteiger charge is -2.06. The minimum absolute atomic E-state index is 0.260. The molecule has 1 aromatic rings. The molecule has 2 N–H and O–H groups in total. The van der Waals surface area contributed by atoms with E-state index in [1.165, 1.54) is 15.6 Å². The van der Waals surface area contributed by atoms with E-state index in [4.69, 9.17) is 5.73 Å². The van der Waals surface area contributed by atoms with Crippen LogP contribution in [0.2, 0.25) is 0 Å². The van der Waals surface area contributed by atoms with Gasteiger partial charge >= 0.3 is 0 Å². The van der Waals surface area contributed by atoms with Crippen LogP contribution in [0.1, 0.15) is 30.9 Å². The SMILES string of the molecule is Cc1ccc(Br)c([C@@H]2[C@@H](N)C2(C)C)c1. The van der Waals surface area contributed by atoms with Crippen LogP contribution in [0.5, 0.6) is 0 Å². The Morgan fingerprint density at radius 2 is 1.93 bits per heavy atom. The van der Waals surface area contributed by atoms with Gasteiger partial charge in [0.25, 0.3) is 0 Å². The molecule has 0 aliphatic heterocycles. The van der Waals surface area contributed by atoms with Crippen LogP contribution in [-0.4, -0.2) is 6.04 Å². The maximum atomic E-state index is 6.07. The zero-order valence-corrected chi connectivity index (χ0v) is 10.4. The lowest BCUT2D eigenvalue weighted by molar-refractivity contribution is 0.598. The summed E-state index contributed by atoms with van der Waals surface area (Å²) in [6.45, 7) is 6.59. The topological polar surface area (TPSA) is 26.0 Å². The van der Waals surface area contributed by atoms with Gasteiger partial charge in [-0.05, 0) is 24.0 Å². The normalized spacial score (nSPS) is 28.9. The molecule has 1 aromatic carbocycles. The van der Waals surface area contributed by atoms with E-state index in [9.17, 15) is 0 Å². The van der Waals surface area contributed by atoms with Gasteiger partial charge in [-0.2, -0.15) is 0 Å². The summed E-state index contributed by atoms with van der Waals surface area (Å²) >= 11 is 3.59. The van der Waals surface area contributed by atoms with E-state index in [0.717, 1.165) is 0 Å². The van der Waals surface area contributed by atoms with Crippen molar-refractivity contribution in [3.05, 3.63) is 33.8 Å². The molecular formula is C12H16BrN. The van der Waals surface area contributed by atoms with E-state index >= 15 is 0 Å². The molecule has 2 heteroatoms. The van der Waals surface area contributed by atoms with Crippen LogP contribution in [-0.2, 0) is 0 Å². The molecule has 1 fully saturated rings. The molecule has 0 unspecified atom stereocenters. The van der Waals surface area contributed by atoms with E-state index in [1.807, 2.05) is 0 Å². The quantitative estimate of drug-likeness (QED) is 0.818. The van der Waals surface area contributed by atoms with Crippen molar-refractivity contribution < 1.29 is 0 Å². The first-order valence-corrected chi connectivity index (χ1v) is 5.75. The van der Waals surface area contributed by atoms with Gasteiger partial charge in [0.15, 0.2) is 0 Å². The second-order valence-electron chi connectivity index (χ2n) is 4.85. The second-order valence-corrected chi connectivity index (χ2v) is 5.70. The number of hydrogen-bond acceptors (Lipinski definition) is 1. The smallest absolute Gasteiger partial charge is 0.0211 e. The van der Waals surface area contributed by atoms with Crippen molar-refractivity contribution in [3.63, 3.8) is 0 Å². The lowest BCUT2D eigenvalue weighted by Crippen LogP contribution is -2.06. The molecule has 1 nitrogen and oxygen atoms in total. The Balaban J connectivity index is 2.39. The van der Waals surface area contributed by atoms with E-state index < -0.39 is 0 Å². The standard InChI is InChI=1S/C12H16BrN/c1-7-4-5-9(13)8(6-7)10-11(14)12(10,2)3/h4-6,10-11H,14H2,1-3H3/t10-,11-/m1/s1. The molecule has 1 aliphatic rings. The molecule has 1 aliphatic carbocycles. The van der Waals surface area contributed by atoms with E-state index in [0.29, 0.717) is 12.0 Å². The highest BCUT2D eigenvalue weighted by molar-refractivity contribution is 9.10. The van der Waals surface area contributed by atoms with Crippen molar-refractivity contribution in [2.45, 2.75) is 32.7 Å². The van der Waals surface area contributed by atoms with Crippen molar-refractivity contribution in [1.82, 2.24) is 0 Å². The number of aryl methyl sites for hydroxylation is 1. The average Bonchev–Trinajstić information content (AvgIpc) is 2.58. The van der Waals surface area contributed by atoms with Gasteiger partial charge in [0.05, 0.1) is 0 Å². The largest absolute Gasteiger partial charge is 0.327 e. The van der Waals surface area contributed by atoms with Gasteiger partial charge in [0, 0.05) is 16.4 Å². The molecule has 14 heavy (non-hydrogen) atoms. The van der Waals surface area contributed by atoms with Crippen LogP contribution in [0.25, 0.3) is 0 Å². The summed E-state index contributed by atoms with van der Waals surface area (Å²) in [5.41, 5.74) is 9.00. The highest BCUT2D eigenvalue weighted by atomic mass is 79.9. The summed E-state index contributed by atoms with van der Waals surface area (Å²) in [6, 6.07) is 6.78. The van der Waals surface area contributed by atoms with Gasteiger partial charge in [-0.25, -0.2) is 0 Å². The van der Waals surface area contributed by atoms with Gasteiger partial charge in [-0.3, -0.25) is 0 Å². The van der Waals surface area contributed by atoms with Crippen molar-refractivity contribution in [2.24, 2.45) is 11.1 Å². The van der Waals surface area contributed by atoms with Crippen LogP contribution in [0, 0.1) is 12.3 Å². The highest BCUT2D eigenvalue weighted by Crippen LogP contribution is 2.58. The molecule has 1 saturated carbocycles. The Kier molecular flexibility index (Phi) is 2.24. The third-order valence-corrected chi connectivity index (χ3v) is 4.12. The Hall–Kier alpha value is -0.340. The lowest BCUT2D eigenvalue weighted by atomic mass is 10.0. The summed E-state index contributed by atoms with van der Waals surface area (Å²) in [6.07, 6.45) is 0. The molecule has 0 amide bonds. The van der Waals surface area contributed by atoms with Gasteiger partial charge < -0.3 is 5.73 Å². The zero-order chi connectivity index (χ0) is 10.5. The molecule has 0 saturated heterocycles. The maximum Gasteiger partial charge on any atom is 0.0211 e. The van der Waals surface area contributed by atoms with E-state index in [-0.39, 0.29) is 5.41 Å². The molecule has 0 aromatic heterocycles. The number of nitrogens with two attached hydrogens (primary N) is 1. The molecular weight excluding hydrogens is 238 g/mol. The van der Waals surface area contributed by atoms with Gasteiger partial charge in [0.2, 0.25) is 0 Å². The minimum atomic E-state index is 0.260. The van der Waals surface area contributed by atoms with Gasteiger partial charge in [-0.15, -0.1) is 0 Å². The van der Waals surface area contributed by atoms with Crippen LogP contribution < -0.4 is 5.73 Å². The fourth-order valence-electron chi connectivity index (χ4n) is 2.17. The van der Waals surface area contributed by atoms with Gasteiger partial charge in [-0.1, -0.05) is 47.5 Å². The Morgan fingerprint density at radius 1 is 1.36 bits per heavy atom. The monoisotopic (exact) mass is 253 g/mol. The van der Waals surface area contributed by atoms with Crippen molar-refractivity contribution >= 4 is 15.9 Å². The summed E-state index contributed by atoms with van der Waals surface area (Å²) in [5.74, 6) is 0.511. The number of benzene rings is 1. The molecule has 2 atom stereocenters.